The predicted octanol–water partition coefficient (Wildman–Crippen LogP) is 2.25. The Morgan fingerprint density at radius 3 is 1.91 bits per heavy atom. The molecule has 0 unspecified atom stereocenters. The van der Waals surface area contributed by atoms with Gasteiger partial charge in [0.1, 0.15) is 13.2 Å². The maximum absolute atomic E-state index is 5.12. The molecule has 2 nitrogen and oxygen atoms in total. The minimum Gasteiger partial charge on any atom is -0.461 e. The van der Waals surface area contributed by atoms with Gasteiger partial charge in [0, 0.05) is 0 Å². The smallest absolute Gasteiger partial charge is 0.275 e. The largest absolute Gasteiger partial charge is 0.461 e. The molecular weight excluding hydrogens is 140 g/mol. The van der Waals surface area contributed by atoms with E-state index in [9.17, 15) is 0 Å². The van der Waals surface area contributed by atoms with E-state index >= 15 is 0 Å². The molecule has 0 atom stereocenters. The van der Waals surface area contributed by atoms with Crippen molar-refractivity contribution in [3.05, 3.63) is 37.3 Å². The Hall–Kier alpha value is -1.18. The lowest BCUT2D eigenvalue weighted by molar-refractivity contribution is 0.0599. The van der Waals surface area contributed by atoms with Gasteiger partial charge in [0.2, 0.25) is 0 Å². The summed E-state index contributed by atoms with van der Waals surface area (Å²) in [6, 6.07) is 0. The van der Waals surface area contributed by atoms with Crippen molar-refractivity contribution in [1.29, 1.82) is 0 Å². The highest BCUT2D eigenvalue weighted by atomic mass is 16.7. The van der Waals surface area contributed by atoms with E-state index in [1.54, 1.807) is 18.2 Å². The fourth-order valence-corrected chi connectivity index (χ4v) is 0.490. The minimum absolute atomic E-state index is 0.469. The Balaban J connectivity index is 3.58. The van der Waals surface area contributed by atoms with E-state index in [4.69, 9.17) is 9.47 Å². The zero-order valence-corrected chi connectivity index (χ0v) is 6.88. The molecule has 0 aliphatic carbocycles. The summed E-state index contributed by atoms with van der Waals surface area (Å²) in [5, 5.41) is 0. The van der Waals surface area contributed by atoms with Gasteiger partial charge in [-0.15, -0.1) is 0 Å². The van der Waals surface area contributed by atoms with Crippen LogP contribution < -0.4 is 0 Å². The van der Waals surface area contributed by atoms with Crippen LogP contribution in [0.5, 0.6) is 0 Å². The topological polar surface area (TPSA) is 18.5 Å². The van der Waals surface area contributed by atoms with E-state index in [0.717, 1.165) is 0 Å². The molecule has 11 heavy (non-hydrogen) atoms. The van der Waals surface area contributed by atoms with Crippen molar-refractivity contribution in [3.8, 4) is 0 Å². The zero-order chi connectivity index (χ0) is 8.53. The van der Waals surface area contributed by atoms with Gasteiger partial charge in [-0.1, -0.05) is 25.3 Å². The molecule has 0 spiro atoms. The van der Waals surface area contributed by atoms with E-state index < -0.39 is 0 Å². The quantitative estimate of drug-likeness (QED) is 0.431. The molecule has 0 saturated carbocycles. The molecule has 0 amide bonds. The van der Waals surface area contributed by atoms with Crippen LogP contribution in [0, 0.1) is 0 Å². The van der Waals surface area contributed by atoms with Gasteiger partial charge in [-0.2, -0.15) is 0 Å². The van der Waals surface area contributed by atoms with Gasteiger partial charge < -0.3 is 9.47 Å². The maximum Gasteiger partial charge on any atom is 0.275 e. The summed E-state index contributed by atoms with van der Waals surface area (Å²) >= 11 is 0. The minimum atomic E-state index is 0.469. The summed E-state index contributed by atoms with van der Waals surface area (Å²) in [4.78, 5) is 0. The second-order valence-electron chi connectivity index (χ2n) is 1.81. The number of hydrogen-bond acceptors (Lipinski definition) is 2. The van der Waals surface area contributed by atoms with Crippen molar-refractivity contribution in [2.45, 2.75) is 6.92 Å². The van der Waals surface area contributed by atoms with Crippen molar-refractivity contribution >= 4 is 0 Å². The highest BCUT2D eigenvalue weighted by Crippen LogP contribution is 1.98. The molecule has 62 valence electrons. The number of allylic oxidation sites excluding steroid dienone is 1. The fourth-order valence-electron chi connectivity index (χ4n) is 0.490. The summed E-state index contributed by atoms with van der Waals surface area (Å²) in [6.45, 7) is 9.83. The van der Waals surface area contributed by atoms with E-state index in [0.29, 0.717) is 19.2 Å². The molecule has 0 bridgehead atoms. The molecule has 2 heteroatoms. The normalized spacial score (nSPS) is 8.09. The van der Waals surface area contributed by atoms with Crippen LogP contribution in [0.15, 0.2) is 37.3 Å². The first kappa shape index (κ1) is 9.82. The average molecular weight is 154 g/mol. The van der Waals surface area contributed by atoms with E-state index in [-0.39, 0.29) is 0 Å². The third-order valence-electron chi connectivity index (χ3n) is 0.923. The summed E-state index contributed by atoms with van der Waals surface area (Å²) in [6.07, 6.45) is 5.09. The highest BCUT2D eigenvalue weighted by Gasteiger charge is 1.92. The second-order valence-corrected chi connectivity index (χ2v) is 1.81. The maximum atomic E-state index is 5.12. The van der Waals surface area contributed by atoms with Crippen LogP contribution in [0.4, 0.5) is 0 Å². The molecule has 0 aromatic rings. The highest BCUT2D eigenvalue weighted by molar-refractivity contribution is 4.83. The second kappa shape index (κ2) is 6.93. The Labute approximate surface area is 67.8 Å². The van der Waals surface area contributed by atoms with Gasteiger partial charge in [-0.3, -0.25) is 0 Å². The lowest BCUT2D eigenvalue weighted by Crippen LogP contribution is -1.97. The lowest BCUT2D eigenvalue weighted by Gasteiger charge is -2.07. The number of ether oxygens (including phenoxy) is 2. The molecule has 0 aliphatic rings. The summed E-state index contributed by atoms with van der Waals surface area (Å²) < 4.78 is 10.2. The van der Waals surface area contributed by atoms with Gasteiger partial charge in [-0.05, 0) is 13.0 Å². The third kappa shape index (κ3) is 5.27. The zero-order valence-electron chi connectivity index (χ0n) is 6.88. The van der Waals surface area contributed by atoms with Crippen LogP contribution in [0.1, 0.15) is 6.92 Å². The SMILES string of the molecule is C=CCOC(=CC)OCC=C. The molecule has 0 aliphatic heterocycles. The van der Waals surface area contributed by atoms with Gasteiger partial charge >= 0.3 is 0 Å². The molecule has 0 saturated heterocycles. The number of rotatable bonds is 6. The Bertz CT molecular complexity index is 134. The van der Waals surface area contributed by atoms with Crippen LogP contribution in [0.3, 0.4) is 0 Å². The first-order chi connectivity index (χ1) is 5.35. The first-order valence-corrected chi connectivity index (χ1v) is 3.48. The van der Waals surface area contributed by atoms with Gasteiger partial charge in [0.25, 0.3) is 5.95 Å². The average Bonchev–Trinajstić information content (AvgIpc) is 2.05. The Morgan fingerprint density at radius 2 is 1.64 bits per heavy atom. The monoisotopic (exact) mass is 154 g/mol. The van der Waals surface area contributed by atoms with E-state index in [1.807, 2.05) is 6.92 Å². The van der Waals surface area contributed by atoms with Gasteiger partial charge in [-0.25, -0.2) is 0 Å². The van der Waals surface area contributed by atoms with Crippen molar-refractivity contribution in [2.24, 2.45) is 0 Å². The van der Waals surface area contributed by atoms with Crippen LogP contribution >= 0.6 is 0 Å². The van der Waals surface area contributed by atoms with Gasteiger partial charge in [0.05, 0.1) is 0 Å². The number of hydrogen-bond donors (Lipinski definition) is 0. The van der Waals surface area contributed by atoms with Crippen LogP contribution in [0.25, 0.3) is 0 Å². The fraction of sp³-hybridized carbons (Fsp3) is 0.333. The molecule has 0 rings (SSSR count). The van der Waals surface area contributed by atoms with Crippen molar-refractivity contribution < 1.29 is 9.47 Å². The summed E-state index contributed by atoms with van der Waals surface area (Å²) in [5.41, 5.74) is 0. The lowest BCUT2D eigenvalue weighted by atomic mass is 10.6. The first-order valence-electron chi connectivity index (χ1n) is 3.48. The van der Waals surface area contributed by atoms with E-state index in [2.05, 4.69) is 13.2 Å². The molecule has 0 aromatic carbocycles. The standard InChI is InChI=1S/C9H14O2/c1-4-7-10-9(6-3)11-8-5-2/h4-6H,1-2,7-8H2,3H3. The summed E-state index contributed by atoms with van der Waals surface area (Å²) in [7, 11) is 0. The molecule has 0 aromatic heterocycles. The Morgan fingerprint density at radius 1 is 1.18 bits per heavy atom. The van der Waals surface area contributed by atoms with Crippen molar-refractivity contribution in [1.82, 2.24) is 0 Å². The van der Waals surface area contributed by atoms with Gasteiger partial charge in [0.15, 0.2) is 0 Å². The predicted molar refractivity (Wildman–Crippen MR) is 46.1 cm³/mol. The third-order valence-corrected chi connectivity index (χ3v) is 0.923. The summed E-state index contributed by atoms with van der Waals surface area (Å²) in [5.74, 6) is 0.518. The van der Waals surface area contributed by atoms with Crippen LogP contribution in [-0.2, 0) is 9.47 Å². The van der Waals surface area contributed by atoms with Crippen LogP contribution in [-0.4, -0.2) is 13.2 Å². The molecule has 0 radical (unpaired) electrons. The molecular formula is C9H14O2. The van der Waals surface area contributed by atoms with Crippen molar-refractivity contribution in [3.63, 3.8) is 0 Å². The van der Waals surface area contributed by atoms with Crippen LogP contribution in [0.2, 0.25) is 0 Å². The Kier molecular flexibility index (Phi) is 6.19. The molecule has 0 heterocycles. The molecule has 0 fully saturated rings. The van der Waals surface area contributed by atoms with Crippen molar-refractivity contribution in [2.75, 3.05) is 13.2 Å². The van der Waals surface area contributed by atoms with E-state index in [1.165, 1.54) is 0 Å². The molecule has 0 N–H and O–H groups in total.